The first-order valence-corrected chi connectivity index (χ1v) is 13.0. The van der Waals surface area contributed by atoms with E-state index in [4.69, 9.17) is 11.6 Å². The first-order valence-electron chi connectivity index (χ1n) is 10.2. The second kappa shape index (κ2) is 11.5. The molecule has 0 saturated carbocycles. The molecule has 2 heterocycles. The Morgan fingerprint density at radius 2 is 2.07 bits per heavy atom. The summed E-state index contributed by atoms with van der Waals surface area (Å²) in [6.45, 7) is 3.64. The predicted octanol–water partition coefficient (Wildman–Crippen LogP) is 2.77. The molecule has 2 atom stereocenters. The third-order valence-electron chi connectivity index (χ3n) is 5.00. The van der Waals surface area contributed by atoms with Gasteiger partial charge in [0.1, 0.15) is 16.2 Å². The highest BCUT2D eigenvalue weighted by Crippen LogP contribution is 2.29. The van der Waals surface area contributed by atoms with E-state index in [2.05, 4.69) is 26.0 Å². The molecule has 1 unspecified atom stereocenters. The largest absolute Gasteiger partial charge is 0.384 e. The standard InChI is InChI=1S/C19H29ClFN5O2S2/c20-15-11-18(30(27,28)26-19-25-9-10-29-19)16(21)12-17(15)24-8-4-3-6-22-13-14-5-1-2-7-23-14/h9-12,14,19,22-26H,1-8,13H2/t14-,19?/m1/s1. The fourth-order valence-electron chi connectivity index (χ4n) is 3.39. The molecule has 168 valence electrons. The van der Waals surface area contributed by atoms with Gasteiger partial charge in [-0.25, -0.2) is 12.8 Å². The molecule has 7 nitrogen and oxygen atoms in total. The van der Waals surface area contributed by atoms with Gasteiger partial charge in [-0.15, -0.1) is 0 Å². The van der Waals surface area contributed by atoms with Crippen LogP contribution >= 0.6 is 23.4 Å². The highest BCUT2D eigenvalue weighted by molar-refractivity contribution is 8.03. The molecule has 5 N–H and O–H groups in total. The molecular weight excluding hydrogens is 449 g/mol. The van der Waals surface area contributed by atoms with Gasteiger partial charge in [-0.05, 0) is 56.3 Å². The van der Waals surface area contributed by atoms with Gasteiger partial charge in [-0.1, -0.05) is 29.8 Å². The molecule has 0 amide bonds. The van der Waals surface area contributed by atoms with Crippen LogP contribution in [0, 0.1) is 5.82 Å². The monoisotopic (exact) mass is 477 g/mol. The zero-order valence-corrected chi connectivity index (χ0v) is 19.1. The number of hydrogen-bond acceptors (Lipinski definition) is 7. The van der Waals surface area contributed by atoms with Crippen molar-refractivity contribution in [3.05, 3.63) is 34.6 Å². The number of halogens is 2. The Hall–Kier alpha value is -1.04. The van der Waals surface area contributed by atoms with E-state index in [1.165, 1.54) is 31.0 Å². The zero-order valence-electron chi connectivity index (χ0n) is 16.7. The number of unbranched alkanes of at least 4 members (excludes halogenated alkanes) is 1. The first-order chi connectivity index (χ1) is 14.5. The van der Waals surface area contributed by atoms with E-state index < -0.39 is 26.2 Å². The van der Waals surface area contributed by atoms with E-state index in [1.807, 2.05) is 0 Å². The van der Waals surface area contributed by atoms with Gasteiger partial charge in [0.25, 0.3) is 0 Å². The SMILES string of the molecule is O=S(=O)(NC1NC=CS1)c1cc(Cl)c(NCCCCNC[C@H]2CCCCN2)cc1F. The number of hydrogen-bond donors (Lipinski definition) is 5. The normalized spacial score (nSPS) is 21.5. The molecule has 1 aromatic carbocycles. The van der Waals surface area contributed by atoms with Crippen molar-refractivity contribution < 1.29 is 12.8 Å². The number of thioether (sulfide) groups is 1. The van der Waals surface area contributed by atoms with Gasteiger partial charge in [-0.3, -0.25) is 0 Å². The van der Waals surface area contributed by atoms with Crippen LogP contribution in [-0.2, 0) is 10.0 Å². The van der Waals surface area contributed by atoms with Crippen LogP contribution in [0.1, 0.15) is 32.1 Å². The van der Waals surface area contributed by atoms with Crippen LogP contribution in [0.5, 0.6) is 0 Å². The van der Waals surface area contributed by atoms with Crippen molar-refractivity contribution in [1.82, 2.24) is 20.7 Å². The van der Waals surface area contributed by atoms with Gasteiger partial charge in [0.05, 0.1) is 10.7 Å². The lowest BCUT2D eigenvalue weighted by molar-refractivity contribution is 0.383. The highest BCUT2D eigenvalue weighted by atomic mass is 35.5. The van der Waals surface area contributed by atoms with Crippen molar-refractivity contribution in [2.24, 2.45) is 0 Å². The predicted molar refractivity (Wildman–Crippen MR) is 122 cm³/mol. The molecule has 0 bridgehead atoms. The summed E-state index contributed by atoms with van der Waals surface area (Å²) in [6, 6.07) is 2.85. The molecule has 1 fully saturated rings. The minimum absolute atomic E-state index is 0.170. The van der Waals surface area contributed by atoms with E-state index >= 15 is 0 Å². The fraction of sp³-hybridized carbons (Fsp3) is 0.579. The Kier molecular flexibility index (Phi) is 9.09. The lowest BCUT2D eigenvalue weighted by atomic mass is 10.1. The smallest absolute Gasteiger partial charge is 0.245 e. The van der Waals surface area contributed by atoms with Gasteiger partial charge >= 0.3 is 0 Å². The van der Waals surface area contributed by atoms with Gasteiger partial charge < -0.3 is 21.3 Å². The van der Waals surface area contributed by atoms with Crippen molar-refractivity contribution in [3.8, 4) is 0 Å². The Bertz CT molecular complexity index is 826. The quantitative estimate of drug-likeness (QED) is 0.313. The third kappa shape index (κ3) is 7.00. The summed E-state index contributed by atoms with van der Waals surface area (Å²) >= 11 is 7.44. The molecule has 1 saturated heterocycles. The Morgan fingerprint density at radius 3 is 2.80 bits per heavy atom. The zero-order chi connectivity index (χ0) is 21.4. The van der Waals surface area contributed by atoms with Crippen LogP contribution in [0.4, 0.5) is 10.1 Å². The lowest BCUT2D eigenvalue weighted by Crippen LogP contribution is -2.41. The second-order valence-electron chi connectivity index (χ2n) is 7.35. The van der Waals surface area contributed by atoms with E-state index in [0.29, 0.717) is 18.3 Å². The summed E-state index contributed by atoms with van der Waals surface area (Å²) < 4.78 is 41.7. The van der Waals surface area contributed by atoms with Crippen LogP contribution < -0.4 is 26.0 Å². The number of benzene rings is 1. The summed E-state index contributed by atoms with van der Waals surface area (Å²) in [5.74, 6) is -0.841. The van der Waals surface area contributed by atoms with E-state index in [9.17, 15) is 12.8 Å². The molecule has 2 aliphatic rings. The molecule has 0 spiro atoms. The van der Waals surface area contributed by atoms with Crippen LogP contribution in [0.25, 0.3) is 0 Å². The van der Waals surface area contributed by atoms with Crippen LogP contribution in [0.15, 0.2) is 28.6 Å². The van der Waals surface area contributed by atoms with Gasteiger partial charge in [0.2, 0.25) is 10.0 Å². The van der Waals surface area contributed by atoms with Crippen molar-refractivity contribution in [3.63, 3.8) is 0 Å². The molecule has 0 aliphatic carbocycles. The first kappa shape index (κ1) is 23.6. The summed E-state index contributed by atoms with van der Waals surface area (Å²) in [5, 5.41) is 14.8. The van der Waals surface area contributed by atoms with Crippen LogP contribution in [0.3, 0.4) is 0 Å². The van der Waals surface area contributed by atoms with Gasteiger partial charge in [-0.2, -0.15) is 4.72 Å². The summed E-state index contributed by atoms with van der Waals surface area (Å²) in [6.07, 6.45) is 7.29. The Labute approximate surface area is 187 Å². The van der Waals surface area contributed by atoms with E-state index in [-0.39, 0.29) is 5.02 Å². The molecule has 0 radical (unpaired) electrons. The summed E-state index contributed by atoms with van der Waals surface area (Å²) in [4.78, 5) is -0.465. The second-order valence-corrected chi connectivity index (χ2v) is 10.5. The summed E-state index contributed by atoms with van der Waals surface area (Å²) in [7, 11) is -4.03. The van der Waals surface area contributed by atoms with Crippen molar-refractivity contribution in [1.29, 1.82) is 0 Å². The molecular formula is C19H29ClFN5O2S2. The number of piperidine rings is 1. The van der Waals surface area contributed by atoms with Gasteiger partial charge in [0.15, 0.2) is 0 Å². The number of rotatable bonds is 11. The average molecular weight is 478 g/mol. The summed E-state index contributed by atoms with van der Waals surface area (Å²) in [5.41, 5.74) is -0.170. The third-order valence-corrected chi connectivity index (χ3v) is 7.72. The Balaban J connectivity index is 1.41. The average Bonchev–Trinajstić information content (AvgIpc) is 3.22. The molecule has 11 heteroatoms. The maximum Gasteiger partial charge on any atom is 0.245 e. The van der Waals surface area contributed by atoms with Crippen molar-refractivity contribution in [2.75, 3.05) is 31.5 Å². The van der Waals surface area contributed by atoms with E-state index in [0.717, 1.165) is 44.6 Å². The molecule has 3 rings (SSSR count). The van der Waals surface area contributed by atoms with Crippen molar-refractivity contribution in [2.45, 2.75) is 48.5 Å². The lowest BCUT2D eigenvalue weighted by Gasteiger charge is -2.23. The number of anilines is 1. The maximum atomic E-state index is 14.5. The number of nitrogens with one attached hydrogen (secondary N) is 5. The fourth-order valence-corrected chi connectivity index (χ4v) is 5.83. The molecule has 30 heavy (non-hydrogen) atoms. The topological polar surface area (TPSA) is 94.3 Å². The minimum atomic E-state index is -4.03. The molecule has 1 aromatic rings. The van der Waals surface area contributed by atoms with Crippen LogP contribution in [0.2, 0.25) is 5.02 Å². The number of sulfonamides is 1. The molecule has 0 aromatic heterocycles. The van der Waals surface area contributed by atoms with E-state index in [1.54, 1.807) is 11.6 Å². The minimum Gasteiger partial charge on any atom is -0.384 e. The highest BCUT2D eigenvalue weighted by Gasteiger charge is 2.25. The van der Waals surface area contributed by atoms with Crippen molar-refractivity contribution >= 4 is 39.1 Å². The Morgan fingerprint density at radius 1 is 1.23 bits per heavy atom. The maximum absolute atomic E-state index is 14.5. The van der Waals surface area contributed by atoms with Gasteiger partial charge in [0, 0.05) is 25.3 Å². The molecule has 2 aliphatic heterocycles. The van der Waals surface area contributed by atoms with Crippen LogP contribution in [-0.4, -0.2) is 46.1 Å².